The van der Waals surface area contributed by atoms with Crippen molar-refractivity contribution in [1.82, 2.24) is 15.1 Å². The van der Waals surface area contributed by atoms with Crippen molar-refractivity contribution < 1.29 is 56.7 Å². The number of hydrogen-bond acceptors (Lipinski definition) is 11. The summed E-state index contributed by atoms with van der Waals surface area (Å²) in [6.45, 7) is 10.7. The summed E-state index contributed by atoms with van der Waals surface area (Å²) < 4.78 is 38.0. The predicted molar refractivity (Wildman–Crippen MR) is 241 cm³/mol. The van der Waals surface area contributed by atoms with E-state index in [2.05, 4.69) is 10.6 Å². The summed E-state index contributed by atoms with van der Waals surface area (Å²) in [5.74, 6) is -2.89. The molecule has 3 aliphatic rings. The molecule has 4 amide bonds. The number of esters is 1. The van der Waals surface area contributed by atoms with E-state index in [0.29, 0.717) is 24.1 Å². The van der Waals surface area contributed by atoms with Crippen LogP contribution < -0.4 is 19.9 Å². The lowest BCUT2D eigenvalue weighted by atomic mass is 10.00. The van der Waals surface area contributed by atoms with Gasteiger partial charge in [0.2, 0.25) is 12.5 Å². The highest BCUT2D eigenvalue weighted by Crippen LogP contribution is 2.43. The van der Waals surface area contributed by atoms with Crippen LogP contribution in [-0.2, 0) is 46.5 Å². The molecule has 344 valence electrons. The number of nitrogens with one attached hydrogen (secondary N) is 2. The molecule has 2 atom stereocenters. The number of aromatic nitrogens is 1. The summed E-state index contributed by atoms with van der Waals surface area (Å²) in [7, 11) is 0. The van der Waals surface area contributed by atoms with E-state index in [9.17, 15) is 33.2 Å². The number of likely N-dealkylation sites (tertiary alicyclic amines) is 1. The first-order chi connectivity index (χ1) is 31.3. The summed E-state index contributed by atoms with van der Waals surface area (Å²) in [6.07, 6.45) is 2.83. The standard InChI is InChI=1S/C49H50FN5O10S/c1-48(2,3)64-46(60)52-39-43(58)55-40(45(59)63-41(31-13-9-7-10-14-31)32-15-11-8-12-16-32)34(29-66-44(39)55)25-33-21-24-54(42(33)57)27-30-19-22-53(23-20-30)28-38(56)51-35-17-18-37(36(50)26-35)62-47(61)65-49(4,5)6/h7-20,22-23,25-26,39,41,44H,21,24,27-29H2,1-6H3,(H-,51,52,56,60)/p+1. The number of hydrogen-bond donors (Lipinski definition) is 2. The Morgan fingerprint density at radius 1 is 0.879 bits per heavy atom. The number of benzene rings is 3. The van der Waals surface area contributed by atoms with E-state index < -0.39 is 64.6 Å². The minimum Gasteiger partial charge on any atom is -0.448 e. The van der Waals surface area contributed by atoms with Crippen molar-refractivity contribution in [1.29, 1.82) is 0 Å². The molecule has 2 saturated heterocycles. The van der Waals surface area contributed by atoms with Gasteiger partial charge in [0, 0.05) is 48.3 Å². The number of anilines is 1. The van der Waals surface area contributed by atoms with E-state index in [1.165, 1.54) is 28.8 Å². The molecule has 2 fully saturated rings. The Morgan fingerprint density at radius 2 is 1.52 bits per heavy atom. The van der Waals surface area contributed by atoms with Crippen molar-refractivity contribution in [2.75, 3.05) is 17.6 Å². The number of pyridine rings is 1. The number of fused-ring (bicyclic) bond motifs is 1. The van der Waals surface area contributed by atoms with E-state index >= 15 is 0 Å². The minimum absolute atomic E-state index is 0.00705. The van der Waals surface area contributed by atoms with Gasteiger partial charge in [-0.15, -0.1) is 11.8 Å². The van der Waals surface area contributed by atoms with Crippen molar-refractivity contribution in [3.63, 3.8) is 0 Å². The maximum absolute atomic E-state index is 14.7. The summed E-state index contributed by atoms with van der Waals surface area (Å²) in [5, 5.41) is 4.66. The van der Waals surface area contributed by atoms with Crippen molar-refractivity contribution in [2.45, 2.75) is 89.8 Å². The number of alkyl carbamates (subject to hydrolysis) is 1. The smallest absolute Gasteiger partial charge is 0.448 e. The van der Waals surface area contributed by atoms with Gasteiger partial charge in [0.25, 0.3) is 11.8 Å². The first kappa shape index (κ1) is 47.0. The molecule has 0 saturated carbocycles. The summed E-state index contributed by atoms with van der Waals surface area (Å²) in [6, 6.07) is 24.8. The third-order valence-corrected chi connectivity index (χ3v) is 11.6. The van der Waals surface area contributed by atoms with E-state index in [0.717, 1.165) is 22.8 Å². The molecule has 0 radical (unpaired) electrons. The van der Waals surface area contributed by atoms with Crippen LogP contribution >= 0.6 is 11.8 Å². The normalized spacial score (nSPS) is 17.8. The molecule has 3 aromatic carbocycles. The molecular formula is C49H51FN5O10S+. The number of ether oxygens (including phenoxy) is 4. The second-order valence-electron chi connectivity index (χ2n) is 17.8. The number of carbonyl (C=O) groups excluding carboxylic acids is 6. The van der Waals surface area contributed by atoms with Gasteiger partial charge in [0.05, 0.1) is 0 Å². The van der Waals surface area contributed by atoms with E-state index in [-0.39, 0.29) is 41.9 Å². The number of thioether (sulfide) groups is 1. The van der Waals surface area contributed by atoms with Gasteiger partial charge in [-0.1, -0.05) is 60.7 Å². The van der Waals surface area contributed by atoms with Crippen LogP contribution in [0.25, 0.3) is 0 Å². The van der Waals surface area contributed by atoms with E-state index in [4.69, 9.17) is 18.9 Å². The highest BCUT2D eigenvalue weighted by atomic mass is 32.2. The first-order valence-electron chi connectivity index (χ1n) is 21.3. The minimum atomic E-state index is -1.05. The zero-order chi connectivity index (χ0) is 47.3. The van der Waals surface area contributed by atoms with Gasteiger partial charge in [-0.25, -0.2) is 18.8 Å². The molecule has 4 aromatic rings. The first-order valence-corrected chi connectivity index (χ1v) is 22.3. The van der Waals surface area contributed by atoms with Gasteiger partial charge in [0.1, 0.15) is 28.3 Å². The second kappa shape index (κ2) is 19.6. The van der Waals surface area contributed by atoms with Crippen molar-refractivity contribution >= 4 is 53.4 Å². The fourth-order valence-electron chi connectivity index (χ4n) is 7.39. The van der Waals surface area contributed by atoms with Gasteiger partial charge >= 0.3 is 18.2 Å². The lowest BCUT2D eigenvalue weighted by Gasteiger charge is -2.49. The van der Waals surface area contributed by atoms with Crippen LogP contribution in [0.4, 0.5) is 19.7 Å². The average Bonchev–Trinajstić information content (AvgIpc) is 3.59. The SMILES string of the molecule is CC(C)(C)OC(=O)NC1C(=O)N2C(C(=O)OC(c3ccccc3)c3ccccc3)=C(C=C3CCN(Cc4cc[n+](CC(=O)Nc5ccc(OC(=O)OC(C)(C)C)c(F)c5)cc4)C3=O)CSC12. The molecular weight excluding hydrogens is 870 g/mol. The topological polar surface area (TPSA) is 174 Å². The van der Waals surface area contributed by atoms with Crippen LogP contribution in [0.5, 0.6) is 5.75 Å². The Hall–Kier alpha value is -7.01. The Labute approximate surface area is 385 Å². The van der Waals surface area contributed by atoms with E-state index in [1.54, 1.807) is 81.6 Å². The zero-order valence-corrected chi connectivity index (χ0v) is 38.2. The van der Waals surface area contributed by atoms with Gasteiger partial charge in [0.15, 0.2) is 30.1 Å². The zero-order valence-electron chi connectivity index (χ0n) is 37.4. The maximum atomic E-state index is 14.7. The molecule has 0 bridgehead atoms. The number of amides is 4. The number of β-lactam (4-membered cyclic amide) rings is 1. The van der Waals surface area contributed by atoms with Crippen molar-refractivity contribution in [2.24, 2.45) is 0 Å². The van der Waals surface area contributed by atoms with Crippen molar-refractivity contribution in [3.8, 4) is 5.75 Å². The highest BCUT2D eigenvalue weighted by molar-refractivity contribution is 8.00. The molecule has 15 nitrogen and oxygen atoms in total. The van der Waals surface area contributed by atoms with Crippen LogP contribution in [-0.4, -0.2) is 80.7 Å². The molecule has 1 aromatic heterocycles. The molecule has 0 aliphatic carbocycles. The van der Waals surface area contributed by atoms with Crippen LogP contribution in [0.1, 0.15) is 70.8 Å². The Kier molecular flexibility index (Phi) is 14.0. The number of rotatable bonds is 12. The fraction of sp³-hybridized carbons (Fsp3) is 0.327. The quantitative estimate of drug-likeness (QED) is 0.0370. The van der Waals surface area contributed by atoms with Gasteiger partial charge in [-0.3, -0.25) is 19.3 Å². The summed E-state index contributed by atoms with van der Waals surface area (Å²) in [4.78, 5) is 82.7. The largest absolute Gasteiger partial charge is 0.514 e. The molecule has 17 heteroatoms. The fourth-order valence-corrected chi connectivity index (χ4v) is 8.70. The molecule has 2 N–H and O–H groups in total. The van der Waals surface area contributed by atoms with Crippen LogP contribution in [0, 0.1) is 5.82 Å². The van der Waals surface area contributed by atoms with Gasteiger partial charge < -0.3 is 34.5 Å². The molecule has 7 rings (SSSR count). The number of carbonyl (C=O) groups is 6. The maximum Gasteiger partial charge on any atom is 0.514 e. The van der Waals surface area contributed by atoms with Crippen molar-refractivity contribution in [3.05, 3.63) is 149 Å². The Balaban J connectivity index is 1.04. The Morgan fingerprint density at radius 3 is 2.12 bits per heavy atom. The second-order valence-corrected chi connectivity index (χ2v) is 18.9. The van der Waals surface area contributed by atoms with Crippen LogP contribution in [0.15, 0.2) is 126 Å². The van der Waals surface area contributed by atoms with Crippen LogP contribution in [0.2, 0.25) is 0 Å². The Bertz CT molecular complexity index is 2540. The summed E-state index contributed by atoms with van der Waals surface area (Å²) >= 11 is 1.36. The molecule has 2 unspecified atom stereocenters. The number of nitrogens with zero attached hydrogens (tertiary/aromatic N) is 3. The average molecular weight is 921 g/mol. The summed E-state index contributed by atoms with van der Waals surface area (Å²) in [5.41, 5.74) is 1.71. The van der Waals surface area contributed by atoms with E-state index in [1.807, 2.05) is 60.7 Å². The molecule has 3 aliphatic heterocycles. The third kappa shape index (κ3) is 11.6. The van der Waals surface area contributed by atoms with Gasteiger partial charge in [-0.2, -0.15) is 4.57 Å². The van der Waals surface area contributed by atoms with Gasteiger partial charge in [-0.05, 0) is 88.4 Å². The number of allylic oxidation sites excluding steroid dienone is 1. The predicted octanol–water partition coefficient (Wildman–Crippen LogP) is 7.12. The molecule has 66 heavy (non-hydrogen) atoms. The monoisotopic (exact) mass is 920 g/mol. The number of halogens is 1. The lowest BCUT2D eigenvalue weighted by molar-refractivity contribution is -0.684. The van der Waals surface area contributed by atoms with Crippen LogP contribution in [0.3, 0.4) is 0 Å². The highest BCUT2D eigenvalue weighted by Gasteiger charge is 2.55. The molecule has 4 heterocycles. The lowest BCUT2D eigenvalue weighted by Crippen LogP contribution is -2.70. The molecule has 0 spiro atoms. The third-order valence-electron chi connectivity index (χ3n) is 10.3.